The molecular formula is C16H20FNO3. The zero-order valence-electron chi connectivity index (χ0n) is 11.9. The smallest absolute Gasteiger partial charge is 0.328 e. The van der Waals surface area contributed by atoms with Gasteiger partial charge in [-0.2, -0.15) is 0 Å². The Balaban J connectivity index is 1.90. The molecule has 1 aromatic rings. The van der Waals surface area contributed by atoms with E-state index in [1.54, 1.807) is 6.07 Å². The van der Waals surface area contributed by atoms with Crippen molar-refractivity contribution in [1.29, 1.82) is 0 Å². The van der Waals surface area contributed by atoms with Crippen LogP contribution in [-0.2, 0) is 4.79 Å². The largest absolute Gasteiger partial charge is 0.490 e. The summed E-state index contributed by atoms with van der Waals surface area (Å²) in [6.45, 7) is 3.64. The summed E-state index contributed by atoms with van der Waals surface area (Å²) in [5, 5.41) is 8.64. The molecule has 2 rings (SSSR count). The molecule has 1 saturated heterocycles. The van der Waals surface area contributed by atoms with Crippen LogP contribution in [0.1, 0.15) is 24.8 Å². The van der Waals surface area contributed by atoms with Crippen molar-refractivity contribution in [2.45, 2.75) is 19.3 Å². The quantitative estimate of drug-likeness (QED) is 0.620. The van der Waals surface area contributed by atoms with Gasteiger partial charge in [0.15, 0.2) is 11.6 Å². The Labute approximate surface area is 123 Å². The fourth-order valence-corrected chi connectivity index (χ4v) is 2.44. The second-order valence-electron chi connectivity index (χ2n) is 5.08. The summed E-state index contributed by atoms with van der Waals surface area (Å²) < 4.78 is 19.3. The number of aliphatic carboxylic acids is 1. The lowest BCUT2D eigenvalue weighted by molar-refractivity contribution is -0.131. The normalized spacial score (nSPS) is 15.7. The van der Waals surface area contributed by atoms with Crippen LogP contribution in [0.3, 0.4) is 0 Å². The van der Waals surface area contributed by atoms with Crippen LogP contribution >= 0.6 is 0 Å². The molecule has 0 amide bonds. The van der Waals surface area contributed by atoms with Gasteiger partial charge in [0.25, 0.3) is 0 Å². The van der Waals surface area contributed by atoms with Crippen LogP contribution in [0.4, 0.5) is 4.39 Å². The molecule has 0 aliphatic carbocycles. The molecule has 0 aromatic heterocycles. The molecule has 1 aromatic carbocycles. The van der Waals surface area contributed by atoms with E-state index in [0.717, 1.165) is 32.1 Å². The molecule has 1 aliphatic heterocycles. The Morgan fingerprint density at radius 3 is 2.86 bits per heavy atom. The number of hydrogen-bond donors (Lipinski definition) is 1. The first-order valence-electron chi connectivity index (χ1n) is 7.21. The highest BCUT2D eigenvalue weighted by Crippen LogP contribution is 2.24. The predicted molar refractivity (Wildman–Crippen MR) is 78.9 cm³/mol. The molecule has 0 bridgehead atoms. The minimum absolute atomic E-state index is 0.122. The summed E-state index contributed by atoms with van der Waals surface area (Å²) in [6, 6.07) is 4.49. The molecule has 0 unspecified atom stereocenters. The van der Waals surface area contributed by atoms with E-state index in [1.165, 1.54) is 31.1 Å². The van der Waals surface area contributed by atoms with E-state index in [9.17, 15) is 9.18 Å². The fourth-order valence-electron chi connectivity index (χ4n) is 2.44. The average Bonchev–Trinajstić information content (AvgIpc) is 2.96. The van der Waals surface area contributed by atoms with E-state index in [0.29, 0.717) is 12.2 Å². The number of carboxylic acids is 1. The van der Waals surface area contributed by atoms with Gasteiger partial charge in [-0.1, -0.05) is 12.1 Å². The van der Waals surface area contributed by atoms with E-state index in [1.807, 2.05) is 0 Å². The Kier molecular flexibility index (Phi) is 5.75. The molecule has 0 saturated carbocycles. The van der Waals surface area contributed by atoms with Gasteiger partial charge in [0.2, 0.25) is 0 Å². The number of rotatable bonds is 7. The maximum Gasteiger partial charge on any atom is 0.328 e. The summed E-state index contributed by atoms with van der Waals surface area (Å²) >= 11 is 0. The topological polar surface area (TPSA) is 49.8 Å². The standard InChI is InChI=1S/C16H20FNO3/c17-14-6-3-5-13(7-8-15(19)20)16(14)21-12-4-11-18-9-1-2-10-18/h3,5-8H,1-2,4,9-12H2,(H,19,20)/b8-7+. The summed E-state index contributed by atoms with van der Waals surface area (Å²) in [6.07, 6.45) is 5.65. The van der Waals surface area contributed by atoms with Gasteiger partial charge >= 0.3 is 5.97 Å². The van der Waals surface area contributed by atoms with E-state index >= 15 is 0 Å². The van der Waals surface area contributed by atoms with E-state index in [4.69, 9.17) is 9.84 Å². The number of carbonyl (C=O) groups is 1. The zero-order valence-corrected chi connectivity index (χ0v) is 11.9. The molecule has 21 heavy (non-hydrogen) atoms. The third-order valence-corrected chi connectivity index (χ3v) is 3.47. The molecular weight excluding hydrogens is 273 g/mol. The zero-order chi connectivity index (χ0) is 15.1. The highest BCUT2D eigenvalue weighted by atomic mass is 19.1. The van der Waals surface area contributed by atoms with Gasteiger partial charge in [-0.05, 0) is 44.5 Å². The summed E-state index contributed by atoms with van der Waals surface area (Å²) in [5.74, 6) is -1.42. The minimum atomic E-state index is -1.07. The van der Waals surface area contributed by atoms with Gasteiger partial charge in [-0.3, -0.25) is 0 Å². The van der Waals surface area contributed by atoms with Gasteiger partial charge in [-0.15, -0.1) is 0 Å². The van der Waals surface area contributed by atoms with Crippen molar-refractivity contribution < 1.29 is 19.0 Å². The molecule has 0 spiro atoms. The van der Waals surface area contributed by atoms with Crippen molar-refractivity contribution >= 4 is 12.0 Å². The third-order valence-electron chi connectivity index (χ3n) is 3.47. The molecule has 4 nitrogen and oxygen atoms in total. The second kappa shape index (κ2) is 7.78. The fraction of sp³-hybridized carbons (Fsp3) is 0.438. The van der Waals surface area contributed by atoms with Crippen molar-refractivity contribution in [3.8, 4) is 5.75 Å². The summed E-state index contributed by atoms with van der Waals surface area (Å²) in [4.78, 5) is 12.9. The number of carboxylic acid groups (broad SMARTS) is 1. The van der Waals surface area contributed by atoms with Crippen LogP contribution in [0.2, 0.25) is 0 Å². The molecule has 0 radical (unpaired) electrons. The highest BCUT2D eigenvalue weighted by molar-refractivity contribution is 5.85. The van der Waals surface area contributed by atoms with Gasteiger partial charge in [0.05, 0.1) is 6.61 Å². The van der Waals surface area contributed by atoms with Crippen molar-refractivity contribution in [3.63, 3.8) is 0 Å². The van der Waals surface area contributed by atoms with Gasteiger partial charge < -0.3 is 14.7 Å². The first-order valence-corrected chi connectivity index (χ1v) is 7.21. The van der Waals surface area contributed by atoms with Crippen LogP contribution in [0.5, 0.6) is 5.75 Å². The number of halogens is 1. The first kappa shape index (κ1) is 15.5. The lowest BCUT2D eigenvalue weighted by Crippen LogP contribution is -2.22. The summed E-state index contributed by atoms with van der Waals surface area (Å²) in [7, 11) is 0. The summed E-state index contributed by atoms with van der Waals surface area (Å²) in [5.41, 5.74) is 0.443. The Morgan fingerprint density at radius 2 is 2.14 bits per heavy atom. The molecule has 1 aliphatic rings. The van der Waals surface area contributed by atoms with Crippen LogP contribution in [-0.4, -0.2) is 42.2 Å². The lowest BCUT2D eigenvalue weighted by atomic mass is 10.2. The highest BCUT2D eigenvalue weighted by Gasteiger charge is 2.12. The molecule has 1 fully saturated rings. The number of nitrogens with zero attached hydrogens (tertiary/aromatic N) is 1. The van der Waals surface area contributed by atoms with Crippen LogP contribution in [0.15, 0.2) is 24.3 Å². The van der Waals surface area contributed by atoms with Gasteiger partial charge in [0, 0.05) is 18.2 Å². The predicted octanol–water partition coefficient (Wildman–Crippen LogP) is 2.79. The molecule has 114 valence electrons. The molecule has 5 heteroatoms. The monoisotopic (exact) mass is 293 g/mol. The van der Waals surface area contributed by atoms with Crippen molar-refractivity contribution in [3.05, 3.63) is 35.7 Å². The third kappa shape index (κ3) is 4.86. The number of para-hydroxylation sites is 1. The van der Waals surface area contributed by atoms with Crippen LogP contribution in [0, 0.1) is 5.82 Å². The lowest BCUT2D eigenvalue weighted by Gasteiger charge is -2.15. The average molecular weight is 293 g/mol. The molecule has 1 heterocycles. The van der Waals surface area contributed by atoms with Gasteiger partial charge in [0.1, 0.15) is 0 Å². The van der Waals surface area contributed by atoms with E-state index in [2.05, 4.69) is 4.90 Å². The van der Waals surface area contributed by atoms with E-state index < -0.39 is 11.8 Å². The Hall–Kier alpha value is -1.88. The molecule has 0 atom stereocenters. The second-order valence-corrected chi connectivity index (χ2v) is 5.08. The number of ether oxygens (including phenoxy) is 1. The number of hydrogen-bond acceptors (Lipinski definition) is 3. The van der Waals surface area contributed by atoms with Crippen molar-refractivity contribution in [2.24, 2.45) is 0 Å². The Morgan fingerprint density at radius 1 is 1.38 bits per heavy atom. The van der Waals surface area contributed by atoms with Crippen LogP contribution < -0.4 is 4.74 Å². The maximum atomic E-state index is 13.8. The number of benzene rings is 1. The Bertz CT molecular complexity index is 510. The first-order chi connectivity index (χ1) is 10.2. The van der Waals surface area contributed by atoms with E-state index in [-0.39, 0.29) is 5.75 Å². The number of likely N-dealkylation sites (tertiary alicyclic amines) is 1. The molecule has 1 N–H and O–H groups in total. The maximum absolute atomic E-state index is 13.8. The van der Waals surface area contributed by atoms with Crippen LogP contribution in [0.25, 0.3) is 6.08 Å². The minimum Gasteiger partial charge on any atom is -0.490 e. The van der Waals surface area contributed by atoms with Crippen molar-refractivity contribution in [2.75, 3.05) is 26.2 Å². The van der Waals surface area contributed by atoms with Crippen molar-refractivity contribution in [1.82, 2.24) is 4.90 Å². The van der Waals surface area contributed by atoms with Gasteiger partial charge in [-0.25, -0.2) is 9.18 Å². The SMILES string of the molecule is O=C(O)/C=C/c1cccc(F)c1OCCCN1CCCC1.